The number of ether oxygens (including phenoxy) is 2. The summed E-state index contributed by atoms with van der Waals surface area (Å²) < 4.78 is 49.2. The molecule has 4 rings (SSSR count). The summed E-state index contributed by atoms with van der Waals surface area (Å²) in [6, 6.07) is 2.30. The van der Waals surface area contributed by atoms with Gasteiger partial charge in [-0.1, -0.05) is 0 Å². The number of anilines is 2. The van der Waals surface area contributed by atoms with Crippen molar-refractivity contribution >= 4 is 27.3 Å². The average Bonchev–Trinajstić information content (AvgIpc) is 2.96. The lowest BCUT2D eigenvalue weighted by Crippen LogP contribution is -2.48. The zero-order valence-electron chi connectivity index (χ0n) is 15.3. The summed E-state index contributed by atoms with van der Waals surface area (Å²) >= 11 is 0. The first-order valence-corrected chi connectivity index (χ1v) is 10.9. The average molecular weight is 415 g/mol. The fourth-order valence-corrected chi connectivity index (χ4v) is 4.90. The first-order chi connectivity index (χ1) is 13.2. The second kappa shape index (κ2) is 7.05. The molecule has 0 aromatic heterocycles. The molecule has 3 heterocycles. The van der Waals surface area contributed by atoms with Crippen LogP contribution in [-0.4, -0.2) is 75.7 Å². The normalized spacial score (nSPS) is 26.9. The Morgan fingerprint density at radius 3 is 2.71 bits per heavy atom. The SMILES string of the molecule is CC(O)NC[C@@H]1OC(=O)N2c3cc(F)c(N4CCS(=O)(=O)CC4)cc3OC[C@@H]12. The summed E-state index contributed by atoms with van der Waals surface area (Å²) in [6.07, 6.45) is -1.88. The molecule has 2 fully saturated rings. The van der Waals surface area contributed by atoms with Crippen molar-refractivity contribution < 1.29 is 32.2 Å². The van der Waals surface area contributed by atoms with Crippen LogP contribution in [0.4, 0.5) is 20.6 Å². The highest BCUT2D eigenvalue weighted by Gasteiger charge is 2.47. The molecule has 1 amide bonds. The Hall–Kier alpha value is -2.11. The van der Waals surface area contributed by atoms with Crippen LogP contribution in [0.3, 0.4) is 0 Å². The highest BCUT2D eigenvalue weighted by Crippen LogP contribution is 2.42. The predicted octanol–water partition coefficient (Wildman–Crippen LogP) is 0.0746. The van der Waals surface area contributed by atoms with Gasteiger partial charge in [0.05, 0.1) is 22.9 Å². The number of hydrogen-bond acceptors (Lipinski definition) is 8. The molecule has 0 aliphatic carbocycles. The van der Waals surface area contributed by atoms with E-state index in [1.807, 2.05) is 0 Å². The summed E-state index contributed by atoms with van der Waals surface area (Å²) in [6.45, 7) is 2.39. The number of carbonyl (C=O) groups is 1. The van der Waals surface area contributed by atoms with E-state index >= 15 is 0 Å². The Balaban J connectivity index is 1.58. The minimum Gasteiger partial charge on any atom is -0.489 e. The highest BCUT2D eigenvalue weighted by molar-refractivity contribution is 7.91. The number of halogens is 1. The zero-order chi connectivity index (χ0) is 20.1. The number of fused-ring (bicyclic) bond motifs is 3. The molecule has 1 aromatic rings. The predicted molar refractivity (Wildman–Crippen MR) is 99.0 cm³/mol. The second-order valence-corrected chi connectivity index (χ2v) is 9.47. The maximum absolute atomic E-state index is 14.8. The van der Waals surface area contributed by atoms with Gasteiger partial charge in [0.15, 0.2) is 9.84 Å². The van der Waals surface area contributed by atoms with E-state index in [-0.39, 0.29) is 49.1 Å². The van der Waals surface area contributed by atoms with E-state index in [2.05, 4.69) is 5.32 Å². The molecule has 154 valence electrons. The Labute approximate surface area is 161 Å². The van der Waals surface area contributed by atoms with Gasteiger partial charge in [0.1, 0.15) is 36.5 Å². The lowest BCUT2D eigenvalue weighted by molar-refractivity contribution is 0.0942. The number of nitrogens with one attached hydrogen (secondary N) is 1. The van der Waals surface area contributed by atoms with E-state index in [0.717, 1.165) is 0 Å². The molecular weight excluding hydrogens is 393 g/mol. The number of rotatable bonds is 4. The molecule has 0 saturated carbocycles. The third-order valence-electron chi connectivity index (χ3n) is 5.21. The van der Waals surface area contributed by atoms with E-state index in [4.69, 9.17) is 9.47 Å². The molecular formula is C17H22FN3O6S. The lowest BCUT2D eigenvalue weighted by atomic mass is 10.1. The Morgan fingerprint density at radius 1 is 1.32 bits per heavy atom. The van der Waals surface area contributed by atoms with Gasteiger partial charge in [-0.2, -0.15) is 0 Å². The van der Waals surface area contributed by atoms with Crippen molar-refractivity contribution in [1.82, 2.24) is 5.32 Å². The summed E-state index contributed by atoms with van der Waals surface area (Å²) in [5.74, 6) is -0.256. The molecule has 1 aromatic carbocycles. The molecule has 28 heavy (non-hydrogen) atoms. The van der Waals surface area contributed by atoms with Crippen LogP contribution in [-0.2, 0) is 14.6 Å². The number of amides is 1. The maximum Gasteiger partial charge on any atom is 0.415 e. The summed E-state index contributed by atoms with van der Waals surface area (Å²) in [5.41, 5.74) is 0.540. The van der Waals surface area contributed by atoms with Crippen molar-refractivity contribution in [3.8, 4) is 5.75 Å². The van der Waals surface area contributed by atoms with Gasteiger partial charge >= 0.3 is 6.09 Å². The fourth-order valence-electron chi connectivity index (χ4n) is 3.70. The molecule has 0 radical (unpaired) electrons. The summed E-state index contributed by atoms with van der Waals surface area (Å²) in [4.78, 5) is 15.4. The quantitative estimate of drug-likeness (QED) is 0.666. The number of aliphatic hydroxyl groups is 1. The van der Waals surface area contributed by atoms with Gasteiger partial charge in [-0.3, -0.25) is 10.2 Å². The third-order valence-corrected chi connectivity index (χ3v) is 6.82. The molecule has 3 aliphatic heterocycles. The van der Waals surface area contributed by atoms with Gasteiger partial charge < -0.3 is 19.5 Å². The van der Waals surface area contributed by atoms with Gasteiger partial charge in [0.25, 0.3) is 0 Å². The van der Waals surface area contributed by atoms with Crippen molar-refractivity contribution in [3.05, 3.63) is 17.9 Å². The molecule has 0 bridgehead atoms. The van der Waals surface area contributed by atoms with Crippen molar-refractivity contribution in [1.29, 1.82) is 0 Å². The monoisotopic (exact) mass is 415 g/mol. The van der Waals surface area contributed by atoms with Crippen molar-refractivity contribution in [3.63, 3.8) is 0 Å². The topological polar surface area (TPSA) is 108 Å². The smallest absolute Gasteiger partial charge is 0.415 e. The van der Waals surface area contributed by atoms with Crippen molar-refractivity contribution in [2.45, 2.75) is 25.3 Å². The number of nitrogens with zero attached hydrogens (tertiary/aromatic N) is 2. The van der Waals surface area contributed by atoms with E-state index in [9.17, 15) is 22.7 Å². The number of cyclic esters (lactones) is 1. The number of hydrogen-bond donors (Lipinski definition) is 2. The molecule has 3 aliphatic rings. The van der Waals surface area contributed by atoms with E-state index in [1.165, 1.54) is 17.0 Å². The second-order valence-electron chi connectivity index (χ2n) is 7.16. The largest absolute Gasteiger partial charge is 0.489 e. The van der Waals surface area contributed by atoms with Crippen LogP contribution in [0.5, 0.6) is 5.75 Å². The van der Waals surface area contributed by atoms with Crippen LogP contribution in [0.15, 0.2) is 12.1 Å². The van der Waals surface area contributed by atoms with E-state index < -0.39 is 40.1 Å². The van der Waals surface area contributed by atoms with Gasteiger partial charge in [-0.05, 0) is 6.92 Å². The number of aliphatic hydroxyl groups excluding tert-OH is 1. The van der Waals surface area contributed by atoms with E-state index in [1.54, 1.807) is 11.8 Å². The number of benzene rings is 1. The molecule has 1 unspecified atom stereocenters. The van der Waals surface area contributed by atoms with Crippen LogP contribution < -0.4 is 19.9 Å². The first-order valence-electron chi connectivity index (χ1n) is 9.08. The standard InChI is InChI=1S/C17H22FN3O6S/c1-10(22)19-8-16-14-9-26-15-7-12(20-2-4-28(24,25)5-3-20)11(18)6-13(15)21(14)17(23)27-16/h6-7,10,14,16,19,22H,2-5,8-9H2,1H3/t10?,14-,16-/m0/s1. The van der Waals surface area contributed by atoms with Crippen LogP contribution in [0.25, 0.3) is 0 Å². The molecule has 3 atom stereocenters. The summed E-state index contributed by atoms with van der Waals surface area (Å²) in [7, 11) is -3.08. The van der Waals surface area contributed by atoms with Crippen LogP contribution in [0.2, 0.25) is 0 Å². The van der Waals surface area contributed by atoms with Gasteiger partial charge in [-0.15, -0.1) is 0 Å². The zero-order valence-corrected chi connectivity index (χ0v) is 16.1. The van der Waals surface area contributed by atoms with Crippen LogP contribution >= 0.6 is 0 Å². The molecule has 9 nitrogen and oxygen atoms in total. The molecule has 11 heteroatoms. The maximum atomic E-state index is 14.8. The van der Waals surface area contributed by atoms with Crippen LogP contribution in [0, 0.1) is 5.82 Å². The van der Waals surface area contributed by atoms with Crippen molar-refractivity contribution in [2.24, 2.45) is 0 Å². The van der Waals surface area contributed by atoms with Crippen molar-refractivity contribution in [2.75, 3.05) is 47.5 Å². The highest BCUT2D eigenvalue weighted by atomic mass is 32.2. The first kappa shape index (κ1) is 19.2. The number of carbonyl (C=O) groups excluding carboxylic acids is 1. The van der Waals surface area contributed by atoms with Gasteiger partial charge in [0, 0.05) is 31.8 Å². The third kappa shape index (κ3) is 3.49. The fraction of sp³-hybridized carbons (Fsp3) is 0.588. The Morgan fingerprint density at radius 2 is 2.04 bits per heavy atom. The minimum atomic E-state index is -3.08. The molecule has 0 spiro atoms. The minimum absolute atomic E-state index is 0.0249. The van der Waals surface area contributed by atoms with E-state index in [0.29, 0.717) is 5.75 Å². The number of sulfone groups is 1. The Bertz CT molecular complexity index is 879. The Kier molecular flexibility index (Phi) is 4.84. The molecule has 2 N–H and O–H groups in total. The molecule has 2 saturated heterocycles. The lowest BCUT2D eigenvalue weighted by Gasteiger charge is -2.34. The van der Waals surface area contributed by atoms with Gasteiger partial charge in [0.2, 0.25) is 0 Å². The van der Waals surface area contributed by atoms with Crippen LogP contribution in [0.1, 0.15) is 6.92 Å². The van der Waals surface area contributed by atoms with Gasteiger partial charge in [-0.25, -0.2) is 17.6 Å². The summed E-state index contributed by atoms with van der Waals surface area (Å²) in [5, 5.41) is 12.2.